The Morgan fingerprint density at radius 2 is 2.08 bits per heavy atom. The summed E-state index contributed by atoms with van der Waals surface area (Å²) in [5, 5.41) is 3.08. The van der Waals surface area contributed by atoms with Crippen LogP contribution >= 0.6 is 0 Å². The van der Waals surface area contributed by atoms with Crippen molar-refractivity contribution in [3.63, 3.8) is 0 Å². The van der Waals surface area contributed by atoms with Crippen LogP contribution in [0.25, 0.3) is 0 Å². The number of rotatable bonds is 5. The number of nitrogens with zero attached hydrogens (tertiary/aromatic N) is 2. The number of hydrogen-bond donors (Lipinski definition) is 1. The van der Waals surface area contributed by atoms with Crippen LogP contribution in [-0.2, 0) is 0 Å². The molecule has 0 spiro atoms. The van der Waals surface area contributed by atoms with Gasteiger partial charge in [0.2, 0.25) is 0 Å². The highest BCUT2D eigenvalue weighted by Crippen LogP contribution is 2.30. The number of para-hydroxylation sites is 1. The van der Waals surface area contributed by atoms with Crippen molar-refractivity contribution in [1.29, 1.82) is 0 Å². The van der Waals surface area contributed by atoms with Crippen molar-refractivity contribution in [2.75, 3.05) is 32.2 Å². The summed E-state index contributed by atoms with van der Waals surface area (Å²) in [5.74, 6) is 1.79. The molecule has 1 unspecified atom stereocenters. The number of anilines is 1. The number of nitrogens with one attached hydrogen (secondary N) is 1. The summed E-state index contributed by atoms with van der Waals surface area (Å²) < 4.78 is 10.6. The van der Waals surface area contributed by atoms with Crippen molar-refractivity contribution >= 4 is 11.7 Å². The molecule has 2 heterocycles. The van der Waals surface area contributed by atoms with Gasteiger partial charge in [-0.05, 0) is 30.7 Å². The maximum atomic E-state index is 12.6. The van der Waals surface area contributed by atoms with Gasteiger partial charge in [-0.15, -0.1) is 0 Å². The minimum Gasteiger partial charge on any atom is -0.493 e. The standard InChI is InChI=1S/C18H21N3O3/c1-23-15-7-5-6-14(17(15)24-2)18(22)20-13-9-11-21(12-13)16-8-3-4-10-19-16/h3-8,10,13H,9,11-12H2,1-2H3,(H,20,22). The zero-order valence-corrected chi connectivity index (χ0v) is 13.9. The molecule has 6 heteroatoms. The fraction of sp³-hybridized carbons (Fsp3) is 0.333. The van der Waals surface area contributed by atoms with Gasteiger partial charge in [0, 0.05) is 25.3 Å². The third kappa shape index (κ3) is 3.27. The van der Waals surface area contributed by atoms with Gasteiger partial charge in [0.1, 0.15) is 5.82 Å². The molecule has 1 saturated heterocycles. The summed E-state index contributed by atoms with van der Waals surface area (Å²) in [7, 11) is 3.09. The molecule has 1 aromatic carbocycles. The number of aromatic nitrogens is 1. The average molecular weight is 327 g/mol. The van der Waals surface area contributed by atoms with Crippen LogP contribution in [0.15, 0.2) is 42.6 Å². The quantitative estimate of drug-likeness (QED) is 0.911. The molecular formula is C18H21N3O3. The molecule has 2 aromatic rings. The van der Waals surface area contributed by atoms with E-state index in [0.717, 1.165) is 25.3 Å². The van der Waals surface area contributed by atoms with Gasteiger partial charge in [0.05, 0.1) is 19.8 Å². The molecule has 0 aliphatic carbocycles. The zero-order chi connectivity index (χ0) is 16.9. The van der Waals surface area contributed by atoms with Crippen molar-refractivity contribution in [3.05, 3.63) is 48.2 Å². The third-order valence-electron chi connectivity index (χ3n) is 4.14. The molecule has 24 heavy (non-hydrogen) atoms. The molecule has 6 nitrogen and oxygen atoms in total. The van der Waals surface area contributed by atoms with Gasteiger partial charge in [-0.1, -0.05) is 12.1 Å². The lowest BCUT2D eigenvalue weighted by atomic mass is 10.1. The molecule has 1 aliphatic heterocycles. The fourth-order valence-electron chi connectivity index (χ4n) is 2.96. The van der Waals surface area contributed by atoms with Gasteiger partial charge in [0.25, 0.3) is 5.91 Å². The number of pyridine rings is 1. The summed E-state index contributed by atoms with van der Waals surface area (Å²) in [5.41, 5.74) is 0.480. The molecule has 1 atom stereocenters. The van der Waals surface area contributed by atoms with Crippen LogP contribution in [0.3, 0.4) is 0 Å². The second-order valence-electron chi connectivity index (χ2n) is 5.63. The van der Waals surface area contributed by atoms with Crippen LogP contribution in [-0.4, -0.2) is 44.2 Å². The Kier molecular flexibility index (Phi) is 4.84. The zero-order valence-electron chi connectivity index (χ0n) is 13.9. The molecule has 1 aromatic heterocycles. The van der Waals surface area contributed by atoms with Crippen molar-refractivity contribution in [3.8, 4) is 11.5 Å². The van der Waals surface area contributed by atoms with E-state index < -0.39 is 0 Å². The smallest absolute Gasteiger partial charge is 0.255 e. The topological polar surface area (TPSA) is 63.7 Å². The van der Waals surface area contributed by atoms with Crippen molar-refractivity contribution in [1.82, 2.24) is 10.3 Å². The number of ether oxygens (including phenoxy) is 2. The lowest BCUT2D eigenvalue weighted by Crippen LogP contribution is -2.37. The van der Waals surface area contributed by atoms with Gasteiger partial charge in [-0.25, -0.2) is 4.98 Å². The van der Waals surface area contributed by atoms with E-state index in [9.17, 15) is 4.79 Å². The minimum atomic E-state index is -0.154. The maximum Gasteiger partial charge on any atom is 0.255 e. The van der Waals surface area contributed by atoms with Crippen LogP contribution in [0.5, 0.6) is 11.5 Å². The normalized spacial score (nSPS) is 16.8. The lowest BCUT2D eigenvalue weighted by Gasteiger charge is -2.18. The van der Waals surface area contributed by atoms with Crippen molar-refractivity contribution < 1.29 is 14.3 Å². The summed E-state index contributed by atoms with van der Waals surface area (Å²) in [6, 6.07) is 11.2. The number of carbonyl (C=O) groups excluding carboxylic acids is 1. The number of benzene rings is 1. The first-order chi connectivity index (χ1) is 11.7. The van der Waals surface area contributed by atoms with Crippen LogP contribution in [0.4, 0.5) is 5.82 Å². The summed E-state index contributed by atoms with van der Waals surface area (Å²) in [6.45, 7) is 1.62. The minimum absolute atomic E-state index is 0.0791. The van der Waals surface area contributed by atoms with Crippen LogP contribution in [0, 0.1) is 0 Å². The van der Waals surface area contributed by atoms with Gasteiger partial charge >= 0.3 is 0 Å². The Labute approximate surface area is 141 Å². The van der Waals surface area contributed by atoms with Crippen molar-refractivity contribution in [2.24, 2.45) is 0 Å². The van der Waals surface area contributed by atoms with E-state index in [2.05, 4.69) is 15.2 Å². The Morgan fingerprint density at radius 1 is 1.21 bits per heavy atom. The fourth-order valence-corrected chi connectivity index (χ4v) is 2.96. The highest BCUT2D eigenvalue weighted by molar-refractivity contribution is 5.98. The number of hydrogen-bond acceptors (Lipinski definition) is 5. The largest absolute Gasteiger partial charge is 0.493 e. The summed E-state index contributed by atoms with van der Waals surface area (Å²) >= 11 is 0. The molecule has 1 amide bonds. The second kappa shape index (κ2) is 7.21. The maximum absolute atomic E-state index is 12.6. The predicted molar refractivity (Wildman–Crippen MR) is 91.9 cm³/mol. The monoisotopic (exact) mass is 327 g/mol. The molecule has 1 aliphatic rings. The highest BCUT2D eigenvalue weighted by Gasteiger charge is 2.26. The molecule has 3 rings (SSSR count). The van der Waals surface area contributed by atoms with Gasteiger partial charge in [0.15, 0.2) is 11.5 Å². The van der Waals surface area contributed by atoms with E-state index in [1.54, 1.807) is 31.5 Å². The molecular weight excluding hydrogens is 306 g/mol. The predicted octanol–water partition coefficient (Wildman–Crippen LogP) is 2.11. The molecule has 0 radical (unpaired) electrons. The first-order valence-corrected chi connectivity index (χ1v) is 7.90. The molecule has 0 saturated carbocycles. The Hall–Kier alpha value is -2.76. The van der Waals surface area contributed by atoms with Gasteiger partial charge in [-0.3, -0.25) is 4.79 Å². The Balaban J connectivity index is 1.68. The second-order valence-corrected chi connectivity index (χ2v) is 5.63. The summed E-state index contributed by atoms with van der Waals surface area (Å²) in [6.07, 6.45) is 2.66. The molecule has 126 valence electrons. The van der Waals surface area contributed by atoms with E-state index in [4.69, 9.17) is 9.47 Å². The van der Waals surface area contributed by atoms with Gasteiger partial charge in [-0.2, -0.15) is 0 Å². The van der Waals surface area contributed by atoms with E-state index >= 15 is 0 Å². The Morgan fingerprint density at radius 3 is 2.79 bits per heavy atom. The first-order valence-electron chi connectivity index (χ1n) is 7.90. The third-order valence-corrected chi connectivity index (χ3v) is 4.14. The van der Waals surface area contributed by atoms with Crippen LogP contribution in [0.2, 0.25) is 0 Å². The van der Waals surface area contributed by atoms with E-state index in [-0.39, 0.29) is 11.9 Å². The Bertz CT molecular complexity index is 706. The van der Waals surface area contributed by atoms with E-state index in [0.29, 0.717) is 17.1 Å². The number of methoxy groups -OCH3 is 2. The lowest BCUT2D eigenvalue weighted by molar-refractivity contribution is 0.0936. The average Bonchev–Trinajstić information content (AvgIpc) is 3.10. The van der Waals surface area contributed by atoms with E-state index in [1.165, 1.54) is 7.11 Å². The van der Waals surface area contributed by atoms with Crippen LogP contribution in [0.1, 0.15) is 16.8 Å². The molecule has 1 N–H and O–H groups in total. The van der Waals surface area contributed by atoms with Gasteiger partial charge < -0.3 is 19.7 Å². The highest BCUT2D eigenvalue weighted by atomic mass is 16.5. The first kappa shape index (κ1) is 16.1. The SMILES string of the molecule is COc1cccc(C(=O)NC2CCN(c3ccccn3)C2)c1OC. The van der Waals surface area contributed by atoms with Crippen LogP contribution < -0.4 is 19.7 Å². The van der Waals surface area contributed by atoms with Crippen molar-refractivity contribution in [2.45, 2.75) is 12.5 Å². The molecule has 1 fully saturated rings. The molecule has 0 bridgehead atoms. The summed E-state index contributed by atoms with van der Waals surface area (Å²) in [4.78, 5) is 19.1. The number of carbonyl (C=O) groups is 1. The number of amides is 1. The van der Waals surface area contributed by atoms with E-state index in [1.807, 2.05) is 18.2 Å².